The molecular weight excluding hydrogens is 354 g/mol. The molecule has 1 fully saturated rings. The number of hydrogen-bond acceptors (Lipinski definition) is 4. The molecule has 2 aromatic rings. The van der Waals surface area contributed by atoms with Crippen LogP contribution < -0.4 is 10.2 Å². The predicted molar refractivity (Wildman–Crippen MR) is 107 cm³/mol. The first kappa shape index (κ1) is 18.2. The van der Waals surface area contributed by atoms with E-state index in [4.69, 9.17) is 0 Å². The topological polar surface area (TPSA) is 69.7 Å². The lowest BCUT2D eigenvalue weighted by molar-refractivity contribution is -0.138. The van der Waals surface area contributed by atoms with Crippen molar-refractivity contribution in [1.82, 2.24) is 4.90 Å². The molecule has 2 aliphatic rings. The zero-order valence-electron chi connectivity index (χ0n) is 15.9. The maximum absolute atomic E-state index is 12.7. The van der Waals surface area contributed by atoms with Gasteiger partial charge in [0.25, 0.3) is 5.91 Å². The summed E-state index contributed by atoms with van der Waals surface area (Å²) in [6.45, 7) is 2.65. The lowest BCUT2D eigenvalue weighted by Gasteiger charge is -2.17. The van der Waals surface area contributed by atoms with Gasteiger partial charge in [-0.25, -0.2) is 0 Å². The molecule has 144 valence electrons. The average Bonchev–Trinajstić information content (AvgIpc) is 3.22. The van der Waals surface area contributed by atoms with E-state index in [0.717, 1.165) is 28.9 Å². The van der Waals surface area contributed by atoms with Crippen molar-refractivity contribution in [1.29, 1.82) is 0 Å². The molecule has 0 radical (unpaired) electrons. The molecule has 4 rings (SSSR count). The molecule has 0 aliphatic carbocycles. The van der Waals surface area contributed by atoms with Crippen LogP contribution in [0, 0.1) is 0 Å². The zero-order valence-corrected chi connectivity index (χ0v) is 15.9. The standard InChI is InChI=1S/C22H23N3O3/c1-15(26)24-12-10-17-13-18(7-8-20(17)24)23-19-14-21(27)25(22(19)28)11-9-16-5-3-2-4-6-16/h2-8,13,19,23H,9-12,14H2,1H3/t19-/m1/s1. The van der Waals surface area contributed by atoms with Gasteiger partial charge in [-0.2, -0.15) is 0 Å². The molecule has 1 saturated heterocycles. The van der Waals surface area contributed by atoms with E-state index in [1.54, 1.807) is 11.8 Å². The largest absolute Gasteiger partial charge is 0.373 e. The highest BCUT2D eigenvalue weighted by Crippen LogP contribution is 2.31. The molecule has 28 heavy (non-hydrogen) atoms. The Morgan fingerprint density at radius 3 is 2.68 bits per heavy atom. The second-order valence-electron chi connectivity index (χ2n) is 7.28. The number of carbonyl (C=O) groups excluding carboxylic acids is 3. The van der Waals surface area contributed by atoms with Crippen LogP contribution in [-0.4, -0.2) is 41.8 Å². The molecule has 2 aromatic carbocycles. The van der Waals surface area contributed by atoms with Crippen molar-refractivity contribution in [3.63, 3.8) is 0 Å². The van der Waals surface area contributed by atoms with Gasteiger partial charge in [0.05, 0.1) is 6.42 Å². The van der Waals surface area contributed by atoms with Gasteiger partial charge < -0.3 is 10.2 Å². The van der Waals surface area contributed by atoms with Crippen molar-refractivity contribution in [3.8, 4) is 0 Å². The number of nitrogens with zero attached hydrogens (tertiary/aromatic N) is 2. The molecule has 1 atom stereocenters. The minimum atomic E-state index is -0.536. The van der Waals surface area contributed by atoms with Gasteiger partial charge in [0.1, 0.15) is 6.04 Å². The van der Waals surface area contributed by atoms with Gasteiger partial charge in [-0.3, -0.25) is 19.3 Å². The van der Waals surface area contributed by atoms with Crippen LogP contribution in [0.5, 0.6) is 0 Å². The van der Waals surface area contributed by atoms with Gasteiger partial charge in [-0.1, -0.05) is 30.3 Å². The SMILES string of the molecule is CC(=O)N1CCc2cc(N[C@@H]3CC(=O)N(CCc4ccccc4)C3=O)ccc21. The van der Waals surface area contributed by atoms with Gasteiger partial charge in [-0.05, 0) is 42.2 Å². The van der Waals surface area contributed by atoms with Gasteiger partial charge in [-0.15, -0.1) is 0 Å². The summed E-state index contributed by atoms with van der Waals surface area (Å²) in [5, 5.41) is 3.21. The lowest BCUT2D eigenvalue weighted by atomic mass is 10.1. The van der Waals surface area contributed by atoms with E-state index in [1.165, 1.54) is 4.90 Å². The average molecular weight is 377 g/mol. The fraction of sp³-hybridized carbons (Fsp3) is 0.318. The number of nitrogens with one attached hydrogen (secondary N) is 1. The molecule has 0 saturated carbocycles. The number of likely N-dealkylation sites (tertiary alicyclic amines) is 1. The van der Waals surface area contributed by atoms with Crippen LogP contribution >= 0.6 is 0 Å². The molecule has 0 bridgehead atoms. The van der Waals surface area contributed by atoms with Crippen molar-refractivity contribution >= 4 is 29.1 Å². The highest BCUT2D eigenvalue weighted by molar-refractivity contribution is 6.07. The summed E-state index contributed by atoms with van der Waals surface area (Å²) in [5.74, 6) is -0.278. The van der Waals surface area contributed by atoms with Crippen molar-refractivity contribution in [2.75, 3.05) is 23.3 Å². The Morgan fingerprint density at radius 2 is 1.93 bits per heavy atom. The van der Waals surface area contributed by atoms with Crippen LogP contribution in [-0.2, 0) is 27.2 Å². The zero-order chi connectivity index (χ0) is 19.7. The summed E-state index contributed by atoms with van der Waals surface area (Å²) in [7, 11) is 0. The number of anilines is 2. The van der Waals surface area contributed by atoms with Crippen molar-refractivity contribution in [2.24, 2.45) is 0 Å². The summed E-state index contributed by atoms with van der Waals surface area (Å²) in [6, 6.07) is 15.1. The quantitative estimate of drug-likeness (QED) is 0.813. The number of imide groups is 1. The first-order chi connectivity index (χ1) is 13.5. The summed E-state index contributed by atoms with van der Waals surface area (Å²) in [4.78, 5) is 39.8. The maximum Gasteiger partial charge on any atom is 0.252 e. The molecular formula is C22H23N3O3. The predicted octanol–water partition coefficient (Wildman–Crippen LogP) is 2.38. The van der Waals surface area contributed by atoms with Crippen molar-refractivity contribution in [2.45, 2.75) is 32.2 Å². The number of fused-ring (bicyclic) bond motifs is 1. The summed E-state index contributed by atoms with van der Waals surface area (Å²) in [6.07, 6.45) is 1.63. The Bertz CT molecular complexity index is 926. The molecule has 0 spiro atoms. The molecule has 0 aromatic heterocycles. The number of rotatable bonds is 5. The number of benzene rings is 2. The summed E-state index contributed by atoms with van der Waals surface area (Å²) >= 11 is 0. The fourth-order valence-corrected chi connectivity index (χ4v) is 3.94. The molecule has 6 nitrogen and oxygen atoms in total. The minimum Gasteiger partial charge on any atom is -0.373 e. The first-order valence-electron chi connectivity index (χ1n) is 9.58. The fourth-order valence-electron chi connectivity index (χ4n) is 3.94. The van der Waals surface area contributed by atoms with E-state index in [9.17, 15) is 14.4 Å². The van der Waals surface area contributed by atoms with Crippen LogP contribution in [0.2, 0.25) is 0 Å². The van der Waals surface area contributed by atoms with Gasteiger partial charge in [0.15, 0.2) is 0 Å². The maximum atomic E-state index is 12.7. The number of carbonyl (C=O) groups is 3. The van der Waals surface area contributed by atoms with E-state index < -0.39 is 6.04 Å². The van der Waals surface area contributed by atoms with Crippen molar-refractivity contribution < 1.29 is 14.4 Å². The van der Waals surface area contributed by atoms with E-state index in [2.05, 4.69) is 5.32 Å². The third-order valence-electron chi connectivity index (χ3n) is 5.41. The van der Waals surface area contributed by atoms with Crippen LogP contribution in [0.3, 0.4) is 0 Å². The molecule has 6 heteroatoms. The van der Waals surface area contributed by atoms with Crippen LogP contribution in [0.1, 0.15) is 24.5 Å². The molecule has 3 amide bonds. The lowest BCUT2D eigenvalue weighted by Crippen LogP contribution is -2.36. The van der Waals surface area contributed by atoms with E-state index >= 15 is 0 Å². The smallest absolute Gasteiger partial charge is 0.252 e. The first-order valence-corrected chi connectivity index (χ1v) is 9.58. The molecule has 0 unspecified atom stereocenters. The highest BCUT2D eigenvalue weighted by atomic mass is 16.2. The second kappa shape index (κ2) is 7.46. The minimum absolute atomic E-state index is 0.0325. The Hall–Kier alpha value is -3.15. The molecule has 1 N–H and O–H groups in total. The normalized spacial score (nSPS) is 18.5. The van der Waals surface area contributed by atoms with E-state index in [0.29, 0.717) is 19.5 Å². The van der Waals surface area contributed by atoms with Crippen LogP contribution in [0.15, 0.2) is 48.5 Å². The van der Waals surface area contributed by atoms with E-state index in [1.807, 2.05) is 48.5 Å². The number of amides is 3. The Balaban J connectivity index is 1.41. The van der Waals surface area contributed by atoms with Gasteiger partial charge in [0, 0.05) is 31.4 Å². The Labute approximate surface area is 164 Å². The van der Waals surface area contributed by atoms with Crippen molar-refractivity contribution in [3.05, 3.63) is 59.7 Å². The summed E-state index contributed by atoms with van der Waals surface area (Å²) in [5.41, 5.74) is 3.92. The third kappa shape index (κ3) is 3.50. The Kier molecular flexibility index (Phi) is 4.86. The van der Waals surface area contributed by atoms with Crippen LogP contribution in [0.4, 0.5) is 11.4 Å². The van der Waals surface area contributed by atoms with Gasteiger partial charge >= 0.3 is 0 Å². The second-order valence-corrected chi connectivity index (χ2v) is 7.28. The molecule has 2 aliphatic heterocycles. The summed E-state index contributed by atoms with van der Waals surface area (Å²) < 4.78 is 0. The van der Waals surface area contributed by atoms with Crippen LogP contribution in [0.25, 0.3) is 0 Å². The molecule has 2 heterocycles. The van der Waals surface area contributed by atoms with Gasteiger partial charge in [0.2, 0.25) is 11.8 Å². The Morgan fingerprint density at radius 1 is 1.14 bits per heavy atom. The highest BCUT2D eigenvalue weighted by Gasteiger charge is 2.38. The monoisotopic (exact) mass is 377 g/mol. The third-order valence-corrected chi connectivity index (χ3v) is 5.41. The van der Waals surface area contributed by atoms with E-state index in [-0.39, 0.29) is 24.1 Å². The number of hydrogen-bond donors (Lipinski definition) is 1.